The van der Waals surface area contributed by atoms with Crippen molar-refractivity contribution in [2.45, 2.75) is 10.9 Å². The van der Waals surface area contributed by atoms with Gasteiger partial charge in [0.05, 0.1) is 16.7 Å². The second kappa shape index (κ2) is 12.9. The molecule has 1 aliphatic heterocycles. The van der Waals surface area contributed by atoms with Gasteiger partial charge in [-0.1, -0.05) is 176 Å². The molecule has 0 saturated heterocycles. The van der Waals surface area contributed by atoms with Gasteiger partial charge in [0.1, 0.15) is 11.2 Å². The van der Waals surface area contributed by atoms with E-state index in [0.717, 1.165) is 43.9 Å². The van der Waals surface area contributed by atoms with Crippen LogP contribution in [0.1, 0.15) is 5.56 Å². The van der Waals surface area contributed by atoms with E-state index in [4.69, 9.17) is 9.40 Å². The first-order valence-electron chi connectivity index (χ1n) is 18.7. The summed E-state index contributed by atoms with van der Waals surface area (Å²) in [5.74, 6) is 0.940. The molecule has 0 N–H and O–H groups in total. The number of para-hydroxylation sites is 2. The Balaban J connectivity index is 1.14. The van der Waals surface area contributed by atoms with Crippen molar-refractivity contribution in [3.63, 3.8) is 0 Å². The monoisotopic (exact) mass is 738 g/mol. The number of thioether (sulfide) groups is 1. The van der Waals surface area contributed by atoms with E-state index in [-0.39, 0.29) is 0 Å². The lowest BCUT2D eigenvalue weighted by Gasteiger charge is -2.35. The van der Waals surface area contributed by atoms with Crippen LogP contribution in [0.15, 0.2) is 204 Å². The fraction of sp³-hybridized carbons (Fsp3) is 0.0200. The molecule has 0 spiro atoms. The molecule has 260 valence electrons. The Hall–Kier alpha value is -6.40. The quantitative estimate of drug-likeness (QED) is 0.126. The highest BCUT2D eigenvalue weighted by atomic mass is 32.2. The number of fused-ring (bicyclic) bond motifs is 8. The van der Waals surface area contributed by atoms with Crippen molar-refractivity contribution in [2.24, 2.45) is 0 Å². The van der Waals surface area contributed by atoms with Crippen molar-refractivity contribution in [1.82, 2.24) is 9.55 Å². The van der Waals surface area contributed by atoms with Crippen LogP contribution in [0.5, 0.6) is 0 Å². The van der Waals surface area contributed by atoms with Crippen molar-refractivity contribution in [3.05, 3.63) is 200 Å². The Morgan fingerprint density at radius 3 is 1.93 bits per heavy atom. The molecule has 3 heterocycles. The second-order valence-corrected chi connectivity index (χ2v) is 19.0. The minimum atomic E-state index is -2.89. The number of rotatable bonds is 6. The van der Waals surface area contributed by atoms with Crippen molar-refractivity contribution in [3.8, 4) is 27.9 Å². The summed E-state index contributed by atoms with van der Waals surface area (Å²) in [5.41, 5.74) is 11.3. The SMILES string of the molecule is c1ccc([Si](c2ccccc2)(c2cccc(-c3ccc4nc5n(c4c3)-c3ccccc3CS5)c2)c2cccc(-c3cccc4oc5ccccc5c34)c2)cc1. The summed E-state index contributed by atoms with van der Waals surface area (Å²) in [4.78, 5) is 5.05. The van der Waals surface area contributed by atoms with E-state index < -0.39 is 8.07 Å². The van der Waals surface area contributed by atoms with E-state index >= 15 is 0 Å². The normalized spacial score (nSPS) is 12.6. The van der Waals surface area contributed by atoms with Crippen molar-refractivity contribution in [1.29, 1.82) is 0 Å². The van der Waals surface area contributed by atoms with Gasteiger partial charge in [-0.3, -0.25) is 4.57 Å². The lowest BCUT2D eigenvalue weighted by atomic mass is 9.99. The first-order chi connectivity index (χ1) is 27.3. The summed E-state index contributed by atoms with van der Waals surface area (Å²) in [5, 5.41) is 8.70. The van der Waals surface area contributed by atoms with Crippen LogP contribution in [0.3, 0.4) is 0 Å². The van der Waals surface area contributed by atoms with E-state index in [2.05, 4.69) is 193 Å². The van der Waals surface area contributed by atoms with Crippen molar-refractivity contribution < 1.29 is 4.42 Å². The lowest BCUT2D eigenvalue weighted by Crippen LogP contribution is -2.74. The molecule has 0 fully saturated rings. The summed E-state index contributed by atoms with van der Waals surface area (Å²) in [6.07, 6.45) is 0. The van der Waals surface area contributed by atoms with Crippen LogP contribution in [0.4, 0.5) is 0 Å². The minimum absolute atomic E-state index is 0.907. The summed E-state index contributed by atoms with van der Waals surface area (Å²) in [7, 11) is -2.89. The minimum Gasteiger partial charge on any atom is -0.456 e. The van der Waals surface area contributed by atoms with Crippen LogP contribution >= 0.6 is 11.8 Å². The number of hydrogen-bond acceptors (Lipinski definition) is 3. The molecule has 0 saturated carbocycles. The lowest BCUT2D eigenvalue weighted by molar-refractivity contribution is 0.669. The fourth-order valence-electron chi connectivity index (χ4n) is 8.80. The third-order valence-electron chi connectivity index (χ3n) is 11.3. The zero-order chi connectivity index (χ0) is 36.3. The molecule has 10 aromatic rings. The second-order valence-electron chi connectivity index (χ2n) is 14.3. The fourth-order valence-corrected chi connectivity index (χ4v) is 14.6. The Bertz CT molecular complexity index is 3020. The highest BCUT2D eigenvalue weighted by molar-refractivity contribution is 7.98. The van der Waals surface area contributed by atoms with Crippen LogP contribution in [-0.2, 0) is 5.75 Å². The number of aromatic nitrogens is 2. The summed E-state index contributed by atoms with van der Waals surface area (Å²) in [6.45, 7) is 0. The summed E-state index contributed by atoms with van der Waals surface area (Å²) < 4.78 is 8.69. The van der Waals surface area contributed by atoms with Crippen LogP contribution in [0.2, 0.25) is 0 Å². The molecule has 55 heavy (non-hydrogen) atoms. The number of furan rings is 1. The van der Waals surface area contributed by atoms with Gasteiger partial charge in [0.25, 0.3) is 0 Å². The molecule has 1 aliphatic rings. The Kier molecular flexibility index (Phi) is 7.51. The molecule has 8 aromatic carbocycles. The third-order valence-corrected chi connectivity index (χ3v) is 17.0. The topological polar surface area (TPSA) is 31.0 Å². The molecule has 0 radical (unpaired) electrons. The highest BCUT2D eigenvalue weighted by Crippen LogP contribution is 2.39. The number of nitrogens with zero attached hydrogens (tertiary/aromatic N) is 2. The molecule has 3 nitrogen and oxygen atoms in total. The zero-order valence-electron chi connectivity index (χ0n) is 29.9. The molecule has 0 atom stereocenters. The van der Waals surface area contributed by atoms with E-state index in [0.29, 0.717) is 0 Å². The molecule has 0 aliphatic carbocycles. The predicted octanol–water partition coefficient (Wildman–Crippen LogP) is 10.2. The molecule has 11 rings (SSSR count). The molecule has 0 unspecified atom stereocenters. The molecule has 0 amide bonds. The smallest absolute Gasteiger partial charge is 0.179 e. The van der Waals surface area contributed by atoms with E-state index in [9.17, 15) is 0 Å². The Labute approximate surface area is 324 Å². The van der Waals surface area contributed by atoms with E-state index in [1.165, 1.54) is 54.3 Å². The first kappa shape index (κ1) is 32.1. The van der Waals surface area contributed by atoms with Crippen LogP contribution in [0, 0.1) is 0 Å². The van der Waals surface area contributed by atoms with Gasteiger partial charge in [0.2, 0.25) is 0 Å². The van der Waals surface area contributed by atoms with Gasteiger partial charge in [0.15, 0.2) is 13.2 Å². The largest absolute Gasteiger partial charge is 0.456 e. The highest BCUT2D eigenvalue weighted by Gasteiger charge is 2.41. The molecular formula is C50H34N2OSSi. The average Bonchev–Trinajstić information content (AvgIpc) is 3.84. The summed E-state index contributed by atoms with van der Waals surface area (Å²) >= 11 is 1.81. The van der Waals surface area contributed by atoms with Gasteiger partial charge in [0, 0.05) is 16.5 Å². The van der Waals surface area contributed by atoms with Crippen LogP contribution in [0.25, 0.3) is 60.9 Å². The van der Waals surface area contributed by atoms with Gasteiger partial charge in [-0.05, 0) is 78.9 Å². The van der Waals surface area contributed by atoms with Crippen LogP contribution in [-0.4, -0.2) is 17.6 Å². The van der Waals surface area contributed by atoms with Gasteiger partial charge >= 0.3 is 0 Å². The average molecular weight is 739 g/mol. The van der Waals surface area contributed by atoms with Gasteiger partial charge in [-0.15, -0.1) is 0 Å². The Morgan fingerprint density at radius 1 is 0.509 bits per heavy atom. The maximum atomic E-state index is 6.35. The standard InChI is InChI=1S/C50H34N2OSSi/c1-3-17-38(18-4-1)55(39-19-5-2-6-20-39,41-22-12-16-36(31-41)42-24-13-27-48-49(42)43-23-8-10-26-47(43)53-48)40-21-11-15-34(30-40)35-28-29-44-46(32-35)52-45-25-9-7-14-37(45)33-54-50(52)51-44/h1-32H,33H2. The number of benzene rings is 8. The van der Waals surface area contributed by atoms with Crippen molar-refractivity contribution >= 4 is 73.6 Å². The molecule has 2 aromatic heterocycles. The molecule has 0 bridgehead atoms. The number of imidazole rings is 1. The van der Waals surface area contributed by atoms with Gasteiger partial charge in [-0.25, -0.2) is 4.98 Å². The number of hydrogen-bond donors (Lipinski definition) is 0. The zero-order valence-corrected chi connectivity index (χ0v) is 31.7. The van der Waals surface area contributed by atoms with Gasteiger partial charge in [-0.2, -0.15) is 0 Å². The van der Waals surface area contributed by atoms with E-state index in [1.54, 1.807) is 0 Å². The van der Waals surface area contributed by atoms with Crippen molar-refractivity contribution in [2.75, 3.05) is 0 Å². The predicted molar refractivity (Wildman–Crippen MR) is 232 cm³/mol. The first-order valence-corrected chi connectivity index (χ1v) is 21.7. The van der Waals surface area contributed by atoms with Crippen LogP contribution < -0.4 is 20.7 Å². The molecule has 5 heteroatoms. The summed E-state index contributed by atoms with van der Waals surface area (Å²) in [6, 6.07) is 71.3. The van der Waals surface area contributed by atoms with E-state index in [1.807, 2.05) is 17.8 Å². The maximum Gasteiger partial charge on any atom is 0.179 e. The molecular weight excluding hydrogens is 705 g/mol. The van der Waals surface area contributed by atoms with Gasteiger partial charge < -0.3 is 4.42 Å². The third kappa shape index (κ3) is 5.08. The Morgan fingerprint density at radius 2 is 1.13 bits per heavy atom. The maximum absolute atomic E-state index is 6.35.